The number of carboxylic acid groups (broad SMARTS) is 1. The van der Waals surface area contributed by atoms with E-state index >= 15 is 0 Å². The Morgan fingerprint density at radius 3 is 2.69 bits per heavy atom. The number of hydrazone groups is 1. The van der Waals surface area contributed by atoms with Crippen LogP contribution in [0.3, 0.4) is 0 Å². The molecule has 0 radical (unpaired) electrons. The second-order valence-electron chi connectivity index (χ2n) is 5.95. The van der Waals surface area contributed by atoms with E-state index < -0.39 is 12.6 Å². The van der Waals surface area contributed by atoms with Crippen molar-refractivity contribution in [3.05, 3.63) is 51.2 Å². The van der Waals surface area contributed by atoms with Crippen LogP contribution in [0.15, 0.2) is 35.4 Å². The first-order valence-corrected chi connectivity index (χ1v) is 9.30. The van der Waals surface area contributed by atoms with Crippen LogP contribution in [0.5, 0.6) is 5.75 Å². The molecule has 1 aliphatic carbocycles. The minimum atomic E-state index is -1.27. The first-order chi connectivity index (χ1) is 12.6. The minimum Gasteiger partial charge on any atom is -0.546 e. The standard InChI is InChI=1S/C19H20N2O4S/c1-2-15(12-6-8-14(9-7-12)25-11-18(22)23)20-21-19(24)17-10-13-4-3-5-16(13)26-17/h6-10H,2-5,11H2,1H3,(H,21,24)(H,22,23)/p-1/b20-15-. The van der Waals surface area contributed by atoms with Crippen molar-refractivity contribution in [2.75, 3.05) is 6.61 Å². The lowest BCUT2D eigenvalue weighted by molar-refractivity contribution is -0.307. The predicted octanol–water partition coefficient (Wildman–Crippen LogP) is 1.91. The molecule has 0 saturated carbocycles. The van der Waals surface area contributed by atoms with Gasteiger partial charge in [0.25, 0.3) is 5.91 Å². The third kappa shape index (κ3) is 4.29. The second-order valence-corrected chi connectivity index (χ2v) is 7.09. The normalized spacial score (nSPS) is 13.3. The molecule has 1 aromatic heterocycles. The van der Waals surface area contributed by atoms with Crippen LogP contribution >= 0.6 is 11.3 Å². The summed E-state index contributed by atoms with van der Waals surface area (Å²) >= 11 is 1.54. The molecular weight excluding hydrogens is 352 g/mol. The number of carboxylic acids is 1. The summed E-state index contributed by atoms with van der Waals surface area (Å²) in [5.41, 5.74) is 5.48. The molecule has 1 amide bonds. The highest BCUT2D eigenvalue weighted by Crippen LogP contribution is 2.30. The fourth-order valence-electron chi connectivity index (χ4n) is 2.85. The zero-order chi connectivity index (χ0) is 18.5. The van der Waals surface area contributed by atoms with E-state index in [0.717, 1.165) is 24.1 Å². The van der Waals surface area contributed by atoms with Gasteiger partial charge in [-0.25, -0.2) is 5.43 Å². The van der Waals surface area contributed by atoms with E-state index in [2.05, 4.69) is 10.5 Å². The first kappa shape index (κ1) is 18.1. The van der Waals surface area contributed by atoms with Crippen molar-refractivity contribution < 1.29 is 19.4 Å². The molecule has 0 spiro atoms. The summed E-state index contributed by atoms with van der Waals surface area (Å²) in [6.07, 6.45) is 3.92. The summed E-state index contributed by atoms with van der Waals surface area (Å²) in [5, 5.41) is 14.7. The number of rotatable bonds is 7. The Morgan fingerprint density at radius 1 is 1.27 bits per heavy atom. The number of amides is 1. The number of nitrogens with zero attached hydrogens (tertiary/aromatic N) is 1. The third-order valence-corrected chi connectivity index (χ3v) is 5.38. The fourth-order valence-corrected chi connectivity index (χ4v) is 3.99. The number of thiophene rings is 1. The summed E-state index contributed by atoms with van der Waals surface area (Å²) in [4.78, 5) is 24.7. The van der Waals surface area contributed by atoms with Crippen LogP contribution in [0, 0.1) is 0 Å². The van der Waals surface area contributed by atoms with Crippen LogP contribution in [-0.4, -0.2) is 24.2 Å². The maximum atomic E-state index is 12.3. The number of benzene rings is 1. The van der Waals surface area contributed by atoms with E-state index in [1.165, 1.54) is 16.9 Å². The quantitative estimate of drug-likeness (QED) is 0.595. The van der Waals surface area contributed by atoms with E-state index in [9.17, 15) is 14.7 Å². The van der Waals surface area contributed by atoms with Gasteiger partial charge in [0.1, 0.15) is 12.4 Å². The largest absolute Gasteiger partial charge is 0.546 e. The van der Waals surface area contributed by atoms with Gasteiger partial charge in [-0.05, 0) is 67.1 Å². The minimum absolute atomic E-state index is 0.190. The van der Waals surface area contributed by atoms with Crippen molar-refractivity contribution in [2.24, 2.45) is 5.10 Å². The Labute approximate surface area is 155 Å². The van der Waals surface area contributed by atoms with E-state index in [0.29, 0.717) is 17.0 Å². The number of carbonyl (C=O) groups is 2. The zero-order valence-electron chi connectivity index (χ0n) is 14.4. The number of ether oxygens (including phenoxy) is 1. The molecule has 0 fully saturated rings. The Hall–Kier alpha value is -2.67. The monoisotopic (exact) mass is 371 g/mol. The molecule has 1 aliphatic rings. The Morgan fingerprint density at radius 2 is 2.04 bits per heavy atom. The lowest BCUT2D eigenvalue weighted by atomic mass is 10.1. The molecule has 136 valence electrons. The number of hydrogen-bond donors (Lipinski definition) is 1. The maximum absolute atomic E-state index is 12.3. The molecule has 3 rings (SSSR count). The molecule has 1 aromatic carbocycles. The summed E-state index contributed by atoms with van der Waals surface area (Å²) < 4.78 is 5.05. The lowest BCUT2D eigenvalue weighted by Gasteiger charge is -2.08. The molecule has 7 heteroatoms. The number of aryl methyl sites for hydroxylation is 2. The predicted molar refractivity (Wildman–Crippen MR) is 97.6 cm³/mol. The maximum Gasteiger partial charge on any atom is 0.281 e. The van der Waals surface area contributed by atoms with Crippen LogP contribution in [-0.2, 0) is 17.6 Å². The van der Waals surface area contributed by atoms with E-state index in [1.54, 1.807) is 35.6 Å². The highest BCUT2D eigenvalue weighted by Gasteiger charge is 2.18. The van der Waals surface area contributed by atoms with Gasteiger partial charge in [-0.15, -0.1) is 11.3 Å². The van der Waals surface area contributed by atoms with Gasteiger partial charge < -0.3 is 14.6 Å². The van der Waals surface area contributed by atoms with Gasteiger partial charge in [-0.1, -0.05) is 6.92 Å². The smallest absolute Gasteiger partial charge is 0.281 e. The summed E-state index contributed by atoms with van der Waals surface area (Å²) in [5.74, 6) is -1.03. The Bertz CT molecular complexity index is 818. The van der Waals surface area contributed by atoms with Crippen LogP contribution in [0.2, 0.25) is 0 Å². The molecular formula is C19H19N2O4S-. The lowest BCUT2D eigenvalue weighted by Crippen LogP contribution is -2.28. The molecule has 1 heterocycles. The average Bonchev–Trinajstić information content (AvgIpc) is 3.23. The Balaban J connectivity index is 1.65. The number of aliphatic carboxylic acids is 1. The molecule has 1 N–H and O–H groups in total. The van der Waals surface area contributed by atoms with Gasteiger partial charge in [0.05, 0.1) is 16.6 Å². The third-order valence-electron chi connectivity index (χ3n) is 4.14. The van der Waals surface area contributed by atoms with Gasteiger partial charge in [0, 0.05) is 4.88 Å². The topological polar surface area (TPSA) is 90.8 Å². The molecule has 0 atom stereocenters. The number of hydrogen-bond acceptors (Lipinski definition) is 6. The highest BCUT2D eigenvalue weighted by molar-refractivity contribution is 7.14. The molecule has 26 heavy (non-hydrogen) atoms. The van der Waals surface area contributed by atoms with Crippen molar-refractivity contribution >= 4 is 28.9 Å². The molecule has 0 saturated heterocycles. The molecule has 2 aromatic rings. The van der Waals surface area contributed by atoms with E-state index in [1.807, 2.05) is 13.0 Å². The molecule has 0 aliphatic heterocycles. The molecule has 0 unspecified atom stereocenters. The number of carbonyl (C=O) groups excluding carboxylic acids is 2. The van der Waals surface area contributed by atoms with Crippen LogP contribution in [0.4, 0.5) is 0 Å². The van der Waals surface area contributed by atoms with Gasteiger partial charge >= 0.3 is 0 Å². The Kier molecular flexibility index (Phi) is 5.68. The van der Waals surface area contributed by atoms with Gasteiger partial charge in [0.15, 0.2) is 0 Å². The number of fused-ring (bicyclic) bond motifs is 1. The van der Waals surface area contributed by atoms with Crippen molar-refractivity contribution in [3.63, 3.8) is 0 Å². The summed E-state index contributed by atoms with van der Waals surface area (Å²) in [6.45, 7) is 1.46. The van der Waals surface area contributed by atoms with Gasteiger partial charge in [-0.3, -0.25) is 4.79 Å². The number of nitrogens with one attached hydrogen (secondary N) is 1. The zero-order valence-corrected chi connectivity index (χ0v) is 15.2. The van der Waals surface area contributed by atoms with Crippen LogP contribution in [0.25, 0.3) is 0 Å². The summed E-state index contributed by atoms with van der Waals surface area (Å²) in [7, 11) is 0. The average molecular weight is 371 g/mol. The van der Waals surface area contributed by atoms with Crippen molar-refractivity contribution in [3.8, 4) is 5.75 Å². The highest BCUT2D eigenvalue weighted by atomic mass is 32.1. The second kappa shape index (κ2) is 8.14. The summed E-state index contributed by atoms with van der Waals surface area (Å²) in [6, 6.07) is 8.84. The molecule has 6 nitrogen and oxygen atoms in total. The van der Waals surface area contributed by atoms with Crippen LogP contribution in [0.1, 0.15) is 45.4 Å². The van der Waals surface area contributed by atoms with Crippen molar-refractivity contribution in [1.82, 2.24) is 5.43 Å². The fraction of sp³-hybridized carbons (Fsp3) is 0.316. The van der Waals surface area contributed by atoms with Gasteiger partial charge in [-0.2, -0.15) is 5.10 Å². The van der Waals surface area contributed by atoms with E-state index in [-0.39, 0.29) is 5.91 Å². The van der Waals surface area contributed by atoms with Gasteiger partial charge in [0.2, 0.25) is 0 Å². The van der Waals surface area contributed by atoms with E-state index in [4.69, 9.17) is 4.74 Å². The van der Waals surface area contributed by atoms with Crippen molar-refractivity contribution in [1.29, 1.82) is 0 Å². The first-order valence-electron chi connectivity index (χ1n) is 8.48. The SMILES string of the molecule is CC/C(=N/NC(=O)c1cc2c(s1)CCC2)c1ccc(OCC(=O)[O-])cc1. The van der Waals surface area contributed by atoms with Crippen LogP contribution < -0.4 is 15.3 Å². The molecule has 0 bridgehead atoms. The van der Waals surface area contributed by atoms with Crippen molar-refractivity contribution in [2.45, 2.75) is 32.6 Å².